The molecule has 0 spiro atoms. The summed E-state index contributed by atoms with van der Waals surface area (Å²) < 4.78 is 5.01. The van der Waals surface area contributed by atoms with Crippen molar-refractivity contribution in [2.45, 2.75) is 24.3 Å². The highest BCUT2D eigenvalue weighted by atomic mass is 32.2. The van der Waals surface area contributed by atoms with Crippen LogP contribution in [0.3, 0.4) is 0 Å². The highest BCUT2D eigenvalue weighted by Gasteiger charge is 2.12. The van der Waals surface area contributed by atoms with Gasteiger partial charge in [-0.25, -0.2) is 0 Å². The van der Waals surface area contributed by atoms with E-state index in [-0.39, 0.29) is 18.6 Å². The van der Waals surface area contributed by atoms with Crippen molar-refractivity contribution in [3.05, 3.63) is 29.8 Å². The second-order valence-corrected chi connectivity index (χ2v) is 5.30. The van der Waals surface area contributed by atoms with Gasteiger partial charge >= 0.3 is 0 Å². The van der Waals surface area contributed by atoms with Gasteiger partial charge in [0.05, 0.1) is 18.4 Å². The van der Waals surface area contributed by atoms with E-state index in [0.29, 0.717) is 18.8 Å². The van der Waals surface area contributed by atoms with E-state index >= 15 is 0 Å². The minimum absolute atomic E-state index is 0.0382. The van der Waals surface area contributed by atoms with E-state index < -0.39 is 0 Å². The summed E-state index contributed by atoms with van der Waals surface area (Å²) in [5.41, 5.74) is 1.17. The highest BCUT2D eigenvalue weighted by molar-refractivity contribution is 8.00. The van der Waals surface area contributed by atoms with Crippen LogP contribution in [0.2, 0.25) is 0 Å². The van der Waals surface area contributed by atoms with Crippen molar-refractivity contribution in [1.29, 1.82) is 0 Å². The van der Waals surface area contributed by atoms with Crippen molar-refractivity contribution in [3.8, 4) is 0 Å². The van der Waals surface area contributed by atoms with Crippen LogP contribution in [0.4, 0.5) is 0 Å². The van der Waals surface area contributed by atoms with Gasteiger partial charge in [0.25, 0.3) is 0 Å². The molecule has 0 bridgehead atoms. The first kappa shape index (κ1) is 16.0. The summed E-state index contributed by atoms with van der Waals surface area (Å²) in [6.07, 6.45) is 0.509. The number of nitrogens with one attached hydrogen (secondary N) is 1. The molecule has 0 saturated heterocycles. The van der Waals surface area contributed by atoms with Crippen molar-refractivity contribution >= 4 is 17.7 Å². The van der Waals surface area contributed by atoms with Crippen LogP contribution in [-0.2, 0) is 9.53 Å². The molecule has 0 radical (unpaired) electrons. The maximum Gasteiger partial charge on any atom is 0.230 e. The lowest BCUT2D eigenvalue weighted by Gasteiger charge is -2.16. The molecule has 4 nitrogen and oxygen atoms in total. The van der Waals surface area contributed by atoms with Gasteiger partial charge in [0.15, 0.2) is 0 Å². The topological polar surface area (TPSA) is 58.6 Å². The van der Waals surface area contributed by atoms with Gasteiger partial charge in [-0.3, -0.25) is 4.79 Å². The monoisotopic (exact) mass is 283 g/mol. The van der Waals surface area contributed by atoms with Crippen molar-refractivity contribution in [2.75, 3.05) is 26.1 Å². The summed E-state index contributed by atoms with van der Waals surface area (Å²) in [5, 5.41) is 11.8. The fraction of sp³-hybridized carbons (Fsp3) is 0.500. The summed E-state index contributed by atoms with van der Waals surface area (Å²) in [4.78, 5) is 12.9. The molecule has 0 aliphatic rings. The van der Waals surface area contributed by atoms with E-state index in [4.69, 9.17) is 9.84 Å². The molecule has 2 N–H and O–H groups in total. The number of hydrogen-bond acceptors (Lipinski definition) is 4. The van der Waals surface area contributed by atoms with Gasteiger partial charge < -0.3 is 15.2 Å². The Morgan fingerprint density at radius 2 is 2.21 bits per heavy atom. The molecule has 0 fully saturated rings. The highest BCUT2D eigenvalue weighted by Crippen LogP contribution is 2.21. The van der Waals surface area contributed by atoms with Gasteiger partial charge in [0, 0.05) is 18.6 Å². The molecule has 1 aromatic rings. The molecule has 1 atom stereocenters. The SMILES string of the molecule is COCC(CCO)NC(=O)CSc1ccccc1C. The second-order valence-electron chi connectivity index (χ2n) is 4.29. The quantitative estimate of drug-likeness (QED) is 0.712. The van der Waals surface area contributed by atoms with Crippen LogP contribution in [0.5, 0.6) is 0 Å². The number of thioether (sulfide) groups is 1. The van der Waals surface area contributed by atoms with Crippen LogP contribution in [0.1, 0.15) is 12.0 Å². The Morgan fingerprint density at radius 3 is 2.84 bits per heavy atom. The number of amides is 1. The molecular weight excluding hydrogens is 262 g/mol. The number of carbonyl (C=O) groups is 1. The van der Waals surface area contributed by atoms with E-state index in [9.17, 15) is 4.79 Å². The molecule has 0 aliphatic heterocycles. The van der Waals surface area contributed by atoms with Crippen molar-refractivity contribution in [2.24, 2.45) is 0 Å². The predicted octanol–water partition coefficient (Wildman–Crippen LogP) is 1.60. The van der Waals surface area contributed by atoms with Crippen molar-refractivity contribution < 1.29 is 14.6 Å². The molecule has 106 valence electrons. The number of rotatable bonds is 8. The Labute approximate surface area is 118 Å². The van der Waals surface area contributed by atoms with E-state index in [1.54, 1.807) is 7.11 Å². The van der Waals surface area contributed by atoms with E-state index in [2.05, 4.69) is 5.32 Å². The zero-order valence-corrected chi connectivity index (χ0v) is 12.2. The Hall–Kier alpha value is -1.04. The Bertz CT molecular complexity index is 392. The zero-order valence-electron chi connectivity index (χ0n) is 11.4. The number of methoxy groups -OCH3 is 1. The normalized spacial score (nSPS) is 12.2. The first-order chi connectivity index (χ1) is 9.17. The molecule has 5 heteroatoms. The van der Waals surface area contributed by atoms with E-state index in [1.807, 2.05) is 31.2 Å². The number of hydrogen-bond donors (Lipinski definition) is 2. The lowest BCUT2D eigenvalue weighted by molar-refractivity contribution is -0.119. The van der Waals surface area contributed by atoms with Crippen LogP contribution >= 0.6 is 11.8 Å². The first-order valence-corrected chi connectivity index (χ1v) is 7.23. The number of benzene rings is 1. The van der Waals surface area contributed by atoms with Gasteiger partial charge in [-0.05, 0) is 25.0 Å². The fourth-order valence-electron chi connectivity index (χ4n) is 1.69. The lowest BCUT2D eigenvalue weighted by atomic mass is 10.2. The Balaban J connectivity index is 2.40. The van der Waals surface area contributed by atoms with Gasteiger partial charge in [0.1, 0.15) is 0 Å². The largest absolute Gasteiger partial charge is 0.396 e. The number of aliphatic hydroxyl groups is 1. The molecule has 1 aromatic carbocycles. The average molecular weight is 283 g/mol. The maximum atomic E-state index is 11.8. The molecular formula is C14H21NO3S. The lowest BCUT2D eigenvalue weighted by Crippen LogP contribution is -2.39. The molecule has 0 aliphatic carbocycles. The van der Waals surface area contributed by atoms with Crippen molar-refractivity contribution in [3.63, 3.8) is 0 Å². The third-order valence-electron chi connectivity index (χ3n) is 2.66. The summed E-state index contributed by atoms with van der Waals surface area (Å²) >= 11 is 1.52. The third kappa shape index (κ3) is 6.09. The van der Waals surface area contributed by atoms with Crippen LogP contribution in [0.25, 0.3) is 0 Å². The standard InChI is InChI=1S/C14H21NO3S/c1-11-5-3-4-6-13(11)19-10-14(17)15-12(7-8-16)9-18-2/h3-6,12,16H,7-10H2,1-2H3,(H,15,17). The molecule has 1 unspecified atom stereocenters. The van der Waals surface area contributed by atoms with Crippen molar-refractivity contribution in [1.82, 2.24) is 5.32 Å². The maximum absolute atomic E-state index is 11.8. The van der Waals surface area contributed by atoms with Crippen LogP contribution in [0.15, 0.2) is 29.2 Å². The molecule has 1 rings (SSSR count). The minimum atomic E-state index is -0.125. The smallest absolute Gasteiger partial charge is 0.230 e. The average Bonchev–Trinajstić information content (AvgIpc) is 2.38. The van der Waals surface area contributed by atoms with Crippen LogP contribution in [0, 0.1) is 6.92 Å². The second kappa shape index (κ2) is 8.96. The van der Waals surface area contributed by atoms with E-state index in [1.165, 1.54) is 17.3 Å². The summed E-state index contributed by atoms with van der Waals surface area (Å²) in [5.74, 6) is 0.333. The first-order valence-electron chi connectivity index (χ1n) is 6.25. The van der Waals surface area contributed by atoms with Gasteiger partial charge in [-0.2, -0.15) is 0 Å². The van der Waals surface area contributed by atoms with Crippen LogP contribution in [-0.4, -0.2) is 43.1 Å². The summed E-state index contributed by atoms with van der Waals surface area (Å²) in [6.45, 7) is 2.49. The Morgan fingerprint density at radius 1 is 1.47 bits per heavy atom. The molecule has 19 heavy (non-hydrogen) atoms. The number of carbonyl (C=O) groups excluding carboxylic acids is 1. The minimum Gasteiger partial charge on any atom is -0.396 e. The summed E-state index contributed by atoms with van der Waals surface area (Å²) in [7, 11) is 1.58. The third-order valence-corrected chi connectivity index (χ3v) is 3.84. The predicted molar refractivity (Wildman–Crippen MR) is 77.4 cm³/mol. The molecule has 0 aromatic heterocycles. The van der Waals surface area contributed by atoms with Gasteiger partial charge in [-0.15, -0.1) is 11.8 Å². The Kier molecular flexibility index (Phi) is 7.55. The number of aliphatic hydroxyl groups excluding tert-OH is 1. The number of aryl methyl sites for hydroxylation is 1. The summed E-state index contributed by atoms with van der Waals surface area (Å²) in [6, 6.07) is 7.86. The van der Waals surface area contributed by atoms with Crippen LogP contribution < -0.4 is 5.32 Å². The van der Waals surface area contributed by atoms with E-state index in [0.717, 1.165) is 4.90 Å². The van der Waals surface area contributed by atoms with Gasteiger partial charge in [0.2, 0.25) is 5.91 Å². The number of ether oxygens (including phenoxy) is 1. The zero-order chi connectivity index (χ0) is 14.1. The molecule has 0 heterocycles. The molecule has 1 amide bonds. The fourth-order valence-corrected chi connectivity index (χ4v) is 2.53. The molecule has 0 saturated carbocycles. The van der Waals surface area contributed by atoms with Gasteiger partial charge in [-0.1, -0.05) is 18.2 Å².